The van der Waals surface area contributed by atoms with Gasteiger partial charge in [0.25, 0.3) is 0 Å². The molecule has 0 spiro atoms. The molecule has 0 unspecified atom stereocenters. The molecular weight excluding hydrogens is 328 g/mol. The fourth-order valence-electron chi connectivity index (χ4n) is 5.09. The van der Waals surface area contributed by atoms with Crippen LogP contribution in [0.4, 0.5) is 0 Å². The van der Waals surface area contributed by atoms with Crippen molar-refractivity contribution in [3.05, 3.63) is 53.6 Å². The highest BCUT2D eigenvalue weighted by atomic mass is 16.5. The lowest BCUT2D eigenvalue weighted by molar-refractivity contribution is 0.244. The molecule has 3 aliphatic carbocycles. The molecule has 0 aliphatic heterocycles. The maximum atomic E-state index is 9.48. The zero-order chi connectivity index (χ0) is 18.3. The van der Waals surface area contributed by atoms with Crippen molar-refractivity contribution in [3.63, 3.8) is 0 Å². The second kappa shape index (κ2) is 6.31. The quantitative estimate of drug-likeness (QED) is 0.484. The molecule has 0 radical (unpaired) electrons. The number of fused-ring (bicyclic) bond motifs is 5. The summed E-state index contributed by atoms with van der Waals surface area (Å²) in [6, 6.07) is 6.36. The smallest absolute Gasteiger partial charge is 0.120 e. The molecule has 3 atom stereocenters. The number of ether oxygens (including phenoxy) is 1. The maximum Gasteiger partial charge on any atom is 0.120 e. The van der Waals surface area contributed by atoms with Crippen LogP contribution in [-0.2, 0) is 6.42 Å². The van der Waals surface area contributed by atoms with E-state index >= 15 is 0 Å². The largest absolute Gasteiger partial charge is 0.490 e. The van der Waals surface area contributed by atoms with Crippen molar-refractivity contribution >= 4 is 11.4 Å². The molecule has 3 aliphatic rings. The van der Waals surface area contributed by atoms with Crippen LogP contribution in [0.1, 0.15) is 43.2 Å². The van der Waals surface area contributed by atoms with Gasteiger partial charge < -0.3 is 15.2 Å². The summed E-state index contributed by atoms with van der Waals surface area (Å²) in [7, 11) is 0. The Morgan fingerprint density at radius 1 is 1.35 bits per heavy atom. The molecule has 2 saturated carbocycles. The molecule has 1 aromatic rings. The molecule has 2 N–H and O–H groups in total. The Morgan fingerprint density at radius 3 is 2.92 bits per heavy atom. The van der Waals surface area contributed by atoms with Gasteiger partial charge in [0, 0.05) is 17.8 Å². The second-order valence-electron chi connectivity index (χ2n) is 7.63. The Bertz CT molecular complexity index is 840. The third-order valence-corrected chi connectivity index (χ3v) is 6.37. The van der Waals surface area contributed by atoms with Crippen LogP contribution in [0.5, 0.6) is 5.75 Å². The van der Waals surface area contributed by atoms with Crippen molar-refractivity contribution in [2.75, 3.05) is 6.61 Å². The van der Waals surface area contributed by atoms with Gasteiger partial charge >= 0.3 is 0 Å². The Labute approximate surface area is 153 Å². The fourth-order valence-corrected chi connectivity index (χ4v) is 5.09. The van der Waals surface area contributed by atoms with Crippen molar-refractivity contribution in [2.45, 2.75) is 38.5 Å². The van der Waals surface area contributed by atoms with Crippen LogP contribution >= 0.6 is 0 Å². The number of allylic oxidation sites excluding steroid dienone is 2. The van der Waals surface area contributed by atoms with Gasteiger partial charge in [-0.15, -0.1) is 0 Å². The highest BCUT2D eigenvalue weighted by Crippen LogP contribution is 2.57. The average molecular weight is 352 g/mol. The Morgan fingerprint density at radius 2 is 2.19 bits per heavy atom. The minimum absolute atomic E-state index is 0.225. The first-order valence-corrected chi connectivity index (χ1v) is 9.12. The third-order valence-electron chi connectivity index (χ3n) is 6.37. The molecule has 0 saturated heterocycles. The standard InChI is InChI=1S/C21H24N2O3/c1-3-10-26-14-5-7-15-13(11-14)4-6-17-16(15)8-9-21(2)18(17)12-19(22-24)20(21)23-25/h3,5-7,11,16,18,24-25H,1,4,8-10,12H2,2H3/b22-19-,23-20+/t16-,18+,21+/m1/s1. The minimum atomic E-state index is -0.261. The number of benzene rings is 1. The fraction of sp³-hybridized carbons (Fsp3) is 0.429. The molecule has 2 fully saturated rings. The van der Waals surface area contributed by atoms with Crippen molar-refractivity contribution in [3.8, 4) is 5.75 Å². The first kappa shape index (κ1) is 16.9. The first-order chi connectivity index (χ1) is 12.6. The van der Waals surface area contributed by atoms with E-state index in [2.05, 4.69) is 42.0 Å². The number of oxime groups is 2. The summed E-state index contributed by atoms with van der Waals surface area (Å²) in [5.74, 6) is 1.48. The van der Waals surface area contributed by atoms with Crippen molar-refractivity contribution in [1.29, 1.82) is 0 Å². The van der Waals surface area contributed by atoms with Crippen LogP contribution in [0, 0.1) is 11.3 Å². The van der Waals surface area contributed by atoms with Gasteiger partial charge in [-0.05, 0) is 48.4 Å². The van der Waals surface area contributed by atoms with E-state index in [-0.39, 0.29) is 11.3 Å². The van der Waals surface area contributed by atoms with Crippen molar-refractivity contribution in [1.82, 2.24) is 0 Å². The molecular formula is C21H24N2O3. The zero-order valence-electron chi connectivity index (χ0n) is 15.0. The molecule has 0 amide bonds. The van der Waals surface area contributed by atoms with Crippen LogP contribution in [0.15, 0.2) is 52.8 Å². The molecule has 136 valence electrons. The maximum absolute atomic E-state index is 9.48. The predicted molar refractivity (Wildman–Crippen MR) is 101 cm³/mol. The summed E-state index contributed by atoms with van der Waals surface area (Å²) in [4.78, 5) is 0. The van der Waals surface area contributed by atoms with E-state index in [1.807, 2.05) is 6.07 Å². The van der Waals surface area contributed by atoms with E-state index in [0.717, 1.165) is 25.0 Å². The molecule has 26 heavy (non-hydrogen) atoms. The predicted octanol–water partition coefficient (Wildman–Crippen LogP) is 4.30. The lowest BCUT2D eigenvalue weighted by Gasteiger charge is -2.44. The molecule has 4 rings (SSSR count). The van der Waals surface area contributed by atoms with Gasteiger partial charge in [0.1, 0.15) is 23.8 Å². The highest BCUT2D eigenvalue weighted by molar-refractivity contribution is 6.46. The van der Waals surface area contributed by atoms with Crippen molar-refractivity contribution in [2.24, 2.45) is 21.6 Å². The van der Waals surface area contributed by atoms with E-state index in [0.29, 0.717) is 30.4 Å². The lowest BCUT2D eigenvalue weighted by atomic mass is 9.60. The van der Waals surface area contributed by atoms with Gasteiger partial charge in [0.15, 0.2) is 0 Å². The third kappa shape index (κ3) is 2.37. The van der Waals surface area contributed by atoms with Crippen LogP contribution in [0.2, 0.25) is 0 Å². The monoisotopic (exact) mass is 352 g/mol. The van der Waals surface area contributed by atoms with E-state index in [4.69, 9.17) is 4.74 Å². The van der Waals surface area contributed by atoms with Crippen LogP contribution < -0.4 is 4.74 Å². The highest BCUT2D eigenvalue weighted by Gasteiger charge is 2.54. The Balaban J connectivity index is 1.68. The topological polar surface area (TPSA) is 74.4 Å². The summed E-state index contributed by atoms with van der Waals surface area (Å²) in [6.45, 7) is 6.33. The van der Waals surface area contributed by atoms with E-state index < -0.39 is 0 Å². The van der Waals surface area contributed by atoms with Crippen LogP contribution in [-0.4, -0.2) is 28.4 Å². The van der Waals surface area contributed by atoms with Gasteiger partial charge in [-0.3, -0.25) is 0 Å². The molecule has 1 aromatic carbocycles. The zero-order valence-corrected chi connectivity index (χ0v) is 15.0. The first-order valence-electron chi connectivity index (χ1n) is 9.12. The molecule has 0 bridgehead atoms. The average Bonchev–Trinajstić information content (AvgIpc) is 2.97. The summed E-state index contributed by atoms with van der Waals surface area (Å²) in [5, 5.41) is 25.7. The Hall–Kier alpha value is -2.56. The van der Waals surface area contributed by atoms with Gasteiger partial charge in [0.2, 0.25) is 0 Å². The molecule has 5 heteroatoms. The van der Waals surface area contributed by atoms with Gasteiger partial charge in [-0.2, -0.15) is 0 Å². The lowest BCUT2D eigenvalue weighted by Crippen LogP contribution is -2.38. The second-order valence-corrected chi connectivity index (χ2v) is 7.63. The summed E-state index contributed by atoms with van der Waals surface area (Å²) in [5.41, 5.74) is 4.87. The van der Waals surface area contributed by atoms with E-state index in [1.54, 1.807) is 6.08 Å². The van der Waals surface area contributed by atoms with Gasteiger partial charge in [-0.1, -0.05) is 47.6 Å². The van der Waals surface area contributed by atoms with Crippen LogP contribution in [0.3, 0.4) is 0 Å². The number of hydrogen-bond acceptors (Lipinski definition) is 5. The van der Waals surface area contributed by atoms with E-state index in [1.165, 1.54) is 16.7 Å². The molecule has 0 aromatic heterocycles. The van der Waals surface area contributed by atoms with Crippen molar-refractivity contribution < 1.29 is 15.2 Å². The van der Waals surface area contributed by atoms with Crippen LogP contribution in [0.25, 0.3) is 0 Å². The summed E-state index contributed by atoms with van der Waals surface area (Å²) >= 11 is 0. The number of nitrogens with zero attached hydrogens (tertiary/aromatic N) is 2. The summed E-state index contributed by atoms with van der Waals surface area (Å²) < 4.78 is 5.67. The SMILES string of the molecule is C=CCOc1ccc2c(c1)CC=C1[C@@H]2CC[C@]2(C)C(=N/O)/C(=N\O)C[C@@H]12. The number of hydrogen-bond donors (Lipinski definition) is 2. The summed E-state index contributed by atoms with van der Waals surface area (Å²) in [6.07, 6.45) is 7.48. The Kier molecular flexibility index (Phi) is 4.10. The molecule has 5 nitrogen and oxygen atoms in total. The van der Waals surface area contributed by atoms with Gasteiger partial charge in [-0.25, -0.2) is 0 Å². The normalized spacial score (nSPS) is 32.6. The van der Waals surface area contributed by atoms with E-state index in [9.17, 15) is 10.4 Å². The minimum Gasteiger partial charge on any atom is -0.490 e. The van der Waals surface area contributed by atoms with Gasteiger partial charge in [0.05, 0.1) is 0 Å². The number of rotatable bonds is 3. The molecule has 0 heterocycles.